The first-order valence-electron chi connectivity index (χ1n) is 6.15. The fraction of sp³-hybridized carbons (Fsp3) is 0.357. The molecule has 1 aromatic carbocycles. The van der Waals surface area contributed by atoms with E-state index < -0.39 is 5.82 Å². The third-order valence-electron chi connectivity index (χ3n) is 2.73. The van der Waals surface area contributed by atoms with E-state index in [9.17, 15) is 4.39 Å². The molecule has 0 aliphatic carbocycles. The second-order valence-electron chi connectivity index (χ2n) is 4.82. The highest BCUT2D eigenvalue weighted by Gasteiger charge is 2.13. The van der Waals surface area contributed by atoms with Gasteiger partial charge in [-0.25, -0.2) is 9.37 Å². The molecule has 0 fully saturated rings. The summed E-state index contributed by atoms with van der Waals surface area (Å²) in [4.78, 5) is 5.71. The number of rotatable bonds is 4. The van der Waals surface area contributed by atoms with Crippen molar-refractivity contribution in [3.05, 3.63) is 39.6 Å². The van der Waals surface area contributed by atoms with Crippen LogP contribution in [-0.4, -0.2) is 4.98 Å². The third-order valence-corrected chi connectivity index (χ3v) is 4.19. The molecule has 0 aliphatic heterocycles. The second-order valence-corrected chi connectivity index (χ2v) is 6.31. The lowest BCUT2D eigenvalue weighted by Gasteiger charge is -2.02. The topological polar surface area (TPSA) is 38.9 Å². The van der Waals surface area contributed by atoms with Gasteiger partial charge in [-0.3, -0.25) is 0 Å². The summed E-state index contributed by atoms with van der Waals surface area (Å²) in [7, 11) is 0. The maximum atomic E-state index is 13.2. The van der Waals surface area contributed by atoms with Crippen molar-refractivity contribution in [1.29, 1.82) is 0 Å². The number of nitrogens with zero attached hydrogens (tertiary/aromatic N) is 1. The molecule has 0 saturated heterocycles. The number of hydrogen-bond donors (Lipinski definition) is 1. The fourth-order valence-electron chi connectivity index (χ4n) is 1.84. The molecule has 2 aromatic rings. The molecule has 2 nitrogen and oxygen atoms in total. The number of hydrogen-bond acceptors (Lipinski definition) is 3. The zero-order chi connectivity index (χ0) is 14.0. The number of halogens is 2. The fourth-order valence-corrected chi connectivity index (χ4v) is 2.99. The first kappa shape index (κ1) is 14.4. The monoisotopic (exact) mass is 298 g/mol. The summed E-state index contributed by atoms with van der Waals surface area (Å²) in [5, 5.41) is 0.963. The first-order chi connectivity index (χ1) is 9.01. The Kier molecular flexibility index (Phi) is 4.55. The predicted molar refractivity (Wildman–Crippen MR) is 79.0 cm³/mol. The Morgan fingerprint density at radius 2 is 2.16 bits per heavy atom. The molecular weight excluding hydrogens is 283 g/mol. The minimum Gasteiger partial charge on any atom is -0.326 e. The van der Waals surface area contributed by atoms with Crippen LogP contribution < -0.4 is 5.73 Å². The van der Waals surface area contributed by atoms with Gasteiger partial charge in [0.2, 0.25) is 0 Å². The van der Waals surface area contributed by atoms with Gasteiger partial charge in [0.15, 0.2) is 0 Å². The van der Waals surface area contributed by atoms with Crippen molar-refractivity contribution in [2.24, 2.45) is 11.7 Å². The first-order valence-corrected chi connectivity index (χ1v) is 7.34. The van der Waals surface area contributed by atoms with E-state index in [1.54, 1.807) is 23.5 Å². The van der Waals surface area contributed by atoms with Gasteiger partial charge in [-0.05, 0) is 30.5 Å². The molecule has 0 aliphatic rings. The molecule has 5 heteroatoms. The Bertz CT molecular complexity index is 581. The highest BCUT2D eigenvalue weighted by Crippen LogP contribution is 2.31. The molecule has 19 heavy (non-hydrogen) atoms. The Balaban J connectivity index is 2.39. The molecule has 0 unspecified atom stereocenters. The van der Waals surface area contributed by atoms with E-state index in [0.29, 0.717) is 12.5 Å². The van der Waals surface area contributed by atoms with Crippen molar-refractivity contribution in [1.82, 2.24) is 4.98 Å². The van der Waals surface area contributed by atoms with E-state index >= 15 is 0 Å². The molecule has 2 rings (SSSR count). The van der Waals surface area contributed by atoms with Crippen LogP contribution in [-0.2, 0) is 13.0 Å². The molecule has 0 bridgehead atoms. The van der Waals surface area contributed by atoms with Gasteiger partial charge in [0, 0.05) is 17.0 Å². The largest absolute Gasteiger partial charge is 0.326 e. The zero-order valence-corrected chi connectivity index (χ0v) is 12.5. The van der Waals surface area contributed by atoms with Crippen molar-refractivity contribution < 1.29 is 4.39 Å². The van der Waals surface area contributed by atoms with Crippen LogP contribution in [0, 0.1) is 11.7 Å². The van der Waals surface area contributed by atoms with Crippen molar-refractivity contribution in [3.63, 3.8) is 0 Å². The maximum Gasteiger partial charge on any atom is 0.141 e. The van der Waals surface area contributed by atoms with E-state index in [2.05, 4.69) is 18.8 Å². The number of aromatic nitrogens is 1. The average molecular weight is 299 g/mol. The van der Waals surface area contributed by atoms with Gasteiger partial charge in [0.25, 0.3) is 0 Å². The lowest BCUT2D eigenvalue weighted by Crippen LogP contribution is -2.01. The summed E-state index contributed by atoms with van der Waals surface area (Å²) >= 11 is 7.36. The smallest absolute Gasteiger partial charge is 0.141 e. The average Bonchev–Trinajstić information content (AvgIpc) is 2.75. The molecule has 0 radical (unpaired) electrons. The minimum absolute atomic E-state index is 0.118. The summed E-state index contributed by atoms with van der Waals surface area (Å²) in [6, 6.07) is 4.66. The van der Waals surface area contributed by atoms with Gasteiger partial charge in [0.1, 0.15) is 10.8 Å². The minimum atomic E-state index is -0.413. The van der Waals surface area contributed by atoms with Gasteiger partial charge in [-0.2, -0.15) is 0 Å². The van der Waals surface area contributed by atoms with Crippen molar-refractivity contribution in [3.8, 4) is 10.6 Å². The van der Waals surface area contributed by atoms with E-state index in [0.717, 1.165) is 27.6 Å². The van der Waals surface area contributed by atoms with Crippen LogP contribution in [0.5, 0.6) is 0 Å². The molecule has 102 valence electrons. The standard InChI is InChI=1S/C14H16ClFN2S/c1-8(2)5-12-13(7-17)19-14(18-12)9-3-4-11(16)10(15)6-9/h3-4,6,8H,5,7,17H2,1-2H3. The molecule has 1 aromatic heterocycles. The van der Waals surface area contributed by atoms with Crippen molar-refractivity contribution in [2.45, 2.75) is 26.8 Å². The molecular formula is C14H16ClFN2S. The van der Waals surface area contributed by atoms with Crippen LogP contribution in [0.2, 0.25) is 5.02 Å². The molecule has 1 heterocycles. The molecule has 2 N–H and O–H groups in total. The van der Waals surface area contributed by atoms with E-state index in [1.807, 2.05) is 0 Å². The lowest BCUT2D eigenvalue weighted by molar-refractivity contribution is 0.628. The van der Waals surface area contributed by atoms with Crippen LogP contribution in [0.25, 0.3) is 10.6 Å². The molecule has 0 saturated carbocycles. The van der Waals surface area contributed by atoms with Gasteiger partial charge in [0.05, 0.1) is 10.7 Å². The quantitative estimate of drug-likeness (QED) is 0.916. The number of thiazole rings is 1. The number of nitrogens with two attached hydrogens (primary N) is 1. The predicted octanol–water partition coefficient (Wildman–Crippen LogP) is 4.26. The van der Waals surface area contributed by atoms with Crippen LogP contribution >= 0.6 is 22.9 Å². The summed E-state index contributed by atoms with van der Waals surface area (Å²) in [5.74, 6) is 0.112. The van der Waals surface area contributed by atoms with Crippen LogP contribution in [0.1, 0.15) is 24.4 Å². The van der Waals surface area contributed by atoms with E-state index in [1.165, 1.54) is 6.07 Å². The Hall–Kier alpha value is -0.970. The Labute approximate surface area is 121 Å². The summed E-state index contributed by atoms with van der Waals surface area (Å²) in [6.45, 7) is 4.77. The Morgan fingerprint density at radius 1 is 1.42 bits per heavy atom. The second kappa shape index (κ2) is 5.99. The van der Waals surface area contributed by atoms with Crippen LogP contribution in [0.4, 0.5) is 4.39 Å². The van der Waals surface area contributed by atoms with E-state index in [-0.39, 0.29) is 5.02 Å². The van der Waals surface area contributed by atoms with Crippen molar-refractivity contribution in [2.75, 3.05) is 0 Å². The maximum absolute atomic E-state index is 13.2. The summed E-state index contributed by atoms with van der Waals surface area (Å²) in [5.41, 5.74) is 7.63. The molecule has 0 atom stereocenters. The van der Waals surface area contributed by atoms with Gasteiger partial charge in [-0.15, -0.1) is 11.3 Å². The highest BCUT2D eigenvalue weighted by atomic mass is 35.5. The molecule has 0 amide bonds. The lowest BCUT2D eigenvalue weighted by atomic mass is 10.1. The normalized spacial score (nSPS) is 11.3. The van der Waals surface area contributed by atoms with Gasteiger partial charge in [-0.1, -0.05) is 25.4 Å². The van der Waals surface area contributed by atoms with Crippen molar-refractivity contribution >= 4 is 22.9 Å². The van der Waals surface area contributed by atoms with Gasteiger partial charge < -0.3 is 5.73 Å². The number of benzene rings is 1. The SMILES string of the molecule is CC(C)Cc1nc(-c2ccc(F)c(Cl)c2)sc1CN. The summed E-state index contributed by atoms with van der Waals surface area (Å²) < 4.78 is 13.2. The summed E-state index contributed by atoms with van der Waals surface area (Å²) in [6.07, 6.45) is 0.901. The highest BCUT2D eigenvalue weighted by molar-refractivity contribution is 7.15. The van der Waals surface area contributed by atoms with E-state index in [4.69, 9.17) is 17.3 Å². The Morgan fingerprint density at radius 3 is 2.74 bits per heavy atom. The zero-order valence-electron chi connectivity index (χ0n) is 10.9. The molecule has 0 spiro atoms. The van der Waals surface area contributed by atoms with Crippen LogP contribution in [0.3, 0.4) is 0 Å². The van der Waals surface area contributed by atoms with Crippen LogP contribution in [0.15, 0.2) is 18.2 Å². The van der Waals surface area contributed by atoms with Gasteiger partial charge >= 0.3 is 0 Å². The third kappa shape index (κ3) is 3.32.